The molecule has 0 radical (unpaired) electrons. The minimum atomic E-state index is -0.870. The molecule has 0 aromatic heterocycles. The number of benzene rings is 3. The molecular weight excluding hydrogens is 427 g/mol. The van der Waals surface area contributed by atoms with E-state index in [0.29, 0.717) is 22.7 Å². The number of amides is 2. The van der Waals surface area contributed by atoms with E-state index < -0.39 is 11.9 Å². The summed E-state index contributed by atoms with van der Waals surface area (Å²) in [6.07, 6.45) is -0.954. The molecule has 8 heteroatoms. The number of phenols is 1. The quantitative estimate of drug-likeness (QED) is 0.532. The van der Waals surface area contributed by atoms with Gasteiger partial charge in [0.25, 0.3) is 5.91 Å². The Morgan fingerprint density at radius 2 is 1.91 bits per heavy atom. The van der Waals surface area contributed by atoms with Gasteiger partial charge in [-0.25, -0.2) is 4.39 Å². The smallest absolute Gasteiger partial charge is 0.265 e. The third kappa shape index (κ3) is 5.41. The highest BCUT2D eigenvalue weighted by Gasteiger charge is 2.28. The topological polar surface area (TPSA) is 96.9 Å². The Bertz CT molecular complexity index is 1180. The van der Waals surface area contributed by atoms with Crippen LogP contribution in [0.5, 0.6) is 17.2 Å². The van der Waals surface area contributed by atoms with Gasteiger partial charge in [-0.15, -0.1) is 0 Å². The lowest BCUT2D eigenvalue weighted by atomic mass is 10.1. The fourth-order valence-corrected chi connectivity index (χ4v) is 3.49. The van der Waals surface area contributed by atoms with Gasteiger partial charge < -0.3 is 25.2 Å². The fraction of sp³-hybridized carbons (Fsp3) is 0.200. The number of nitrogens with one attached hydrogen (secondary N) is 2. The Hall–Kier alpha value is -4.07. The van der Waals surface area contributed by atoms with Gasteiger partial charge in [0.1, 0.15) is 18.2 Å². The second-order valence-corrected chi connectivity index (χ2v) is 7.72. The summed E-state index contributed by atoms with van der Waals surface area (Å²) in [5.41, 5.74) is 1.62. The zero-order valence-electron chi connectivity index (χ0n) is 17.9. The summed E-state index contributed by atoms with van der Waals surface area (Å²) in [4.78, 5) is 25.0. The Kier molecular flexibility index (Phi) is 6.44. The fourth-order valence-electron chi connectivity index (χ4n) is 3.49. The first-order chi connectivity index (χ1) is 15.9. The molecule has 0 fully saturated rings. The van der Waals surface area contributed by atoms with Crippen molar-refractivity contribution in [3.63, 3.8) is 0 Å². The summed E-state index contributed by atoms with van der Waals surface area (Å²) in [5.74, 6) is -0.364. The third-order valence-corrected chi connectivity index (χ3v) is 5.22. The number of hydrogen-bond donors (Lipinski definition) is 3. The van der Waals surface area contributed by atoms with Gasteiger partial charge in [0.2, 0.25) is 12.0 Å². The predicted molar refractivity (Wildman–Crippen MR) is 120 cm³/mol. The second-order valence-electron chi connectivity index (χ2n) is 7.72. The first kappa shape index (κ1) is 22.1. The lowest BCUT2D eigenvalue weighted by Gasteiger charge is -2.27. The maximum atomic E-state index is 13.8. The highest BCUT2D eigenvalue weighted by atomic mass is 19.1. The van der Waals surface area contributed by atoms with Crippen LogP contribution in [-0.4, -0.2) is 29.6 Å². The van der Waals surface area contributed by atoms with Gasteiger partial charge in [-0.1, -0.05) is 30.3 Å². The van der Waals surface area contributed by atoms with Crippen LogP contribution in [0.15, 0.2) is 66.7 Å². The number of carbonyl (C=O) groups excluding carboxylic acids is 2. The average molecular weight is 450 g/mol. The number of carbonyl (C=O) groups is 2. The van der Waals surface area contributed by atoms with E-state index in [4.69, 9.17) is 9.47 Å². The molecule has 1 heterocycles. The maximum Gasteiger partial charge on any atom is 0.265 e. The molecule has 2 atom stereocenters. The molecule has 4 rings (SSSR count). The largest absolute Gasteiger partial charge is 0.508 e. The number of ether oxygens (including phenoxy) is 2. The average Bonchev–Trinajstić information content (AvgIpc) is 2.80. The summed E-state index contributed by atoms with van der Waals surface area (Å²) in [7, 11) is 0. The molecular formula is C25H23FN2O5. The molecule has 3 aromatic carbocycles. The number of fused-ring (bicyclic) bond motifs is 1. The summed E-state index contributed by atoms with van der Waals surface area (Å²) in [6, 6.07) is 17.3. The number of halogens is 1. The van der Waals surface area contributed by atoms with Crippen molar-refractivity contribution >= 4 is 17.5 Å². The van der Waals surface area contributed by atoms with Crippen molar-refractivity contribution in [3.05, 3.63) is 83.7 Å². The standard InChI is InChI=1S/C25H23FN2O5/c1-15(27-25(31)23-14-32-21-10-9-19(29)13-22(21)33-23)16-6-4-7-18(11-16)28-24(30)12-17-5-2-3-8-20(17)26/h2-11,13,15,23,29H,12,14H2,1H3,(H,27,31)(H,28,30). The van der Waals surface area contributed by atoms with Crippen LogP contribution >= 0.6 is 0 Å². The summed E-state index contributed by atoms with van der Waals surface area (Å²) in [6.45, 7) is 1.85. The molecule has 170 valence electrons. The van der Waals surface area contributed by atoms with Crippen LogP contribution in [0.4, 0.5) is 10.1 Å². The predicted octanol–water partition coefficient (Wildman–Crippen LogP) is 3.73. The minimum absolute atomic E-state index is 0.0145. The molecule has 3 aromatic rings. The van der Waals surface area contributed by atoms with Crippen LogP contribution in [0.2, 0.25) is 0 Å². The van der Waals surface area contributed by atoms with E-state index in [1.54, 1.807) is 42.5 Å². The minimum Gasteiger partial charge on any atom is -0.508 e. The molecule has 2 unspecified atom stereocenters. The van der Waals surface area contributed by atoms with E-state index >= 15 is 0 Å². The molecule has 33 heavy (non-hydrogen) atoms. The van der Waals surface area contributed by atoms with E-state index in [1.165, 1.54) is 18.2 Å². The van der Waals surface area contributed by atoms with Gasteiger partial charge >= 0.3 is 0 Å². The van der Waals surface area contributed by atoms with E-state index in [2.05, 4.69) is 10.6 Å². The monoisotopic (exact) mass is 450 g/mol. The van der Waals surface area contributed by atoms with E-state index in [1.807, 2.05) is 13.0 Å². The Labute approximate surface area is 190 Å². The van der Waals surface area contributed by atoms with Gasteiger partial charge in [0.15, 0.2) is 11.5 Å². The number of phenolic OH excluding ortho intramolecular Hbond substituents is 1. The van der Waals surface area contributed by atoms with Gasteiger partial charge in [0, 0.05) is 11.8 Å². The number of anilines is 1. The second kappa shape index (κ2) is 9.60. The van der Waals surface area contributed by atoms with Crippen LogP contribution in [0.3, 0.4) is 0 Å². The van der Waals surface area contributed by atoms with Crippen molar-refractivity contribution in [3.8, 4) is 17.2 Å². The third-order valence-electron chi connectivity index (χ3n) is 5.22. The van der Waals surface area contributed by atoms with Gasteiger partial charge in [-0.3, -0.25) is 9.59 Å². The van der Waals surface area contributed by atoms with Gasteiger partial charge in [-0.05, 0) is 48.4 Å². The molecule has 3 N–H and O–H groups in total. The van der Waals surface area contributed by atoms with E-state index in [0.717, 1.165) is 5.56 Å². The summed E-state index contributed by atoms with van der Waals surface area (Å²) in [5, 5.41) is 15.2. The normalized spacial score (nSPS) is 15.4. The Morgan fingerprint density at radius 1 is 1.09 bits per heavy atom. The number of hydrogen-bond acceptors (Lipinski definition) is 5. The molecule has 0 saturated heterocycles. The zero-order valence-corrected chi connectivity index (χ0v) is 17.9. The SMILES string of the molecule is CC(NC(=O)C1COc2ccc(O)cc2O1)c1cccc(NC(=O)Cc2ccccc2F)c1. The Balaban J connectivity index is 1.36. The van der Waals surface area contributed by atoms with Crippen LogP contribution in [0.1, 0.15) is 24.1 Å². The number of aromatic hydroxyl groups is 1. The van der Waals surface area contributed by atoms with Gasteiger partial charge in [0.05, 0.1) is 12.5 Å². The van der Waals surface area contributed by atoms with Crippen LogP contribution in [0, 0.1) is 5.82 Å². The molecule has 0 saturated carbocycles. The molecule has 0 aliphatic carbocycles. The van der Waals surface area contributed by atoms with E-state index in [9.17, 15) is 19.1 Å². The van der Waals surface area contributed by atoms with Crippen molar-refractivity contribution in [1.82, 2.24) is 5.32 Å². The van der Waals surface area contributed by atoms with Crippen molar-refractivity contribution in [2.75, 3.05) is 11.9 Å². The summed E-state index contributed by atoms with van der Waals surface area (Å²) >= 11 is 0. The van der Waals surface area contributed by atoms with E-state index in [-0.39, 0.29) is 36.6 Å². The molecule has 1 aliphatic rings. The number of rotatable bonds is 6. The molecule has 1 aliphatic heterocycles. The molecule has 0 spiro atoms. The maximum absolute atomic E-state index is 13.8. The molecule has 0 bridgehead atoms. The van der Waals surface area contributed by atoms with Crippen molar-refractivity contribution in [2.24, 2.45) is 0 Å². The Morgan fingerprint density at radius 3 is 2.73 bits per heavy atom. The van der Waals surface area contributed by atoms with Crippen LogP contribution < -0.4 is 20.1 Å². The zero-order chi connectivity index (χ0) is 23.4. The van der Waals surface area contributed by atoms with Crippen LogP contribution in [0.25, 0.3) is 0 Å². The van der Waals surface area contributed by atoms with Crippen molar-refractivity contribution in [1.29, 1.82) is 0 Å². The summed E-state index contributed by atoms with van der Waals surface area (Å²) < 4.78 is 25.0. The highest BCUT2D eigenvalue weighted by Crippen LogP contribution is 2.34. The van der Waals surface area contributed by atoms with Crippen molar-refractivity contribution < 1.29 is 28.6 Å². The van der Waals surface area contributed by atoms with Crippen molar-refractivity contribution in [2.45, 2.75) is 25.5 Å². The van der Waals surface area contributed by atoms with Gasteiger partial charge in [-0.2, -0.15) is 0 Å². The lowest BCUT2D eigenvalue weighted by molar-refractivity contribution is -0.131. The lowest BCUT2D eigenvalue weighted by Crippen LogP contribution is -2.44. The van der Waals surface area contributed by atoms with Crippen LogP contribution in [-0.2, 0) is 16.0 Å². The first-order valence-electron chi connectivity index (χ1n) is 10.4. The highest BCUT2D eigenvalue weighted by molar-refractivity contribution is 5.92. The molecule has 2 amide bonds. The first-order valence-corrected chi connectivity index (χ1v) is 10.4. The molecule has 7 nitrogen and oxygen atoms in total.